The Hall–Kier alpha value is -1.07. The second kappa shape index (κ2) is 4.80. The van der Waals surface area contributed by atoms with Crippen molar-refractivity contribution in [2.75, 3.05) is 16.6 Å². The molecule has 0 saturated carbocycles. The second-order valence-electron chi connectivity index (χ2n) is 6.34. The molecule has 0 aliphatic carbocycles. The third-order valence-electron chi connectivity index (χ3n) is 3.20. The van der Waals surface area contributed by atoms with E-state index in [1.807, 2.05) is 45.0 Å². The highest BCUT2D eigenvalue weighted by Gasteiger charge is 2.33. The normalized spacial score (nSPS) is 20.2. The van der Waals surface area contributed by atoms with Crippen molar-refractivity contribution in [3.8, 4) is 0 Å². The molecule has 0 bridgehead atoms. The van der Waals surface area contributed by atoms with Crippen molar-refractivity contribution in [2.24, 2.45) is 11.1 Å². The second-order valence-corrected chi connectivity index (χ2v) is 8.24. The van der Waals surface area contributed by atoms with Crippen molar-refractivity contribution in [2.45, 2.75) is 33.2 Å². The van der Waals surface area contributed by atoms with Gasteiger partial charge in [0.2, 0.25) is 10.0 Å². The van der Waals surface area contributed by atoms with Gasteiger partial charge >= 0.3 is 0 Å². The fourth-order valence-corrected chi connectivity index (χ4v) is 4.57. The molecule has 0 fully saturated rings. The Kier molecular flexibility index (Phi) is 3.62. The zero-order valence-corrected chi connectivity index (χ0v) is 12.6. The smallest absolute Gasteiger partial charge is 0.235 e. The standard InChI is InChI=1S/C14H22N2O2S/c1-14(2,3)10-19(17,18)16-9-8-12(15)11-6-4-5-7-13(11)16/h4-7,12H,8-10,15H2,1-3H3. The number of nitrogens with zero attached hydrogens (tertiary/aromatic N) is 1. The average Bonchev–Trinajstić information content (AvgIpc) is 2.26. The quantitative estimate of drug-likeness (QED) is 0.905. The average molecular weight is 282 g/mol. The number of para-hydroxylation sites is 1. The van der Waals surface area contributed by atoms with Gasteiger partial charge in [-0.25, -0.2) is 8.42 Å². The third kappa shape index (κ3) is 3.09. The van der Waals surface area contributed by atoms with Gasteiger partial charge in [-0.15, -0.1) is 0 Å². The SMILES string of the molecule is CC(C)(C)CS(=O)(=O)N1CCC(N)c2ccccc21. The van der Waals surface area contributed by atoms with Crippen LogP contribution in [0.4, 0.5) is 5.69 Å². The van der Waals surface area contributed by atoms with Gasteiger partial charge in [-0.3, -0.25) is 4.31 Å². The van der Waals surface area contributed by atoms with Gasteiger partial charge in [-0.2, -0.15) is 0 Å². The van der Waals surface area contributed by atoms with Crippen LogP contribution in [-0.2, 0) is 10.0 Å². The third-order valence-corrected chi connectivity index (χ3v) is 5.48. The summed E-state index contributed by atoms with van der Waals surface area (Å²) in [5.74, 6) is 0.142. The number of anilines is 1. The van der Waals surface area contributed by atoms with Gasteiger partial charge in [0.15, 0.2) is 0 Å². The molecule has 19 heavy (non-hydrogen) atoms. The van der Waals surface area contributed by atoms with Crippen LogP contribution in [0, 0.1) is 5.41 Å². The summed E-state index contributed by atoms with van der Waals surface area (Å²) in [6.07, 6.45) is 0.667. The zero-order valence-electron chi connectivity index (χ0n) is 11.8. The van der Waals surface area contributed by atoms with E-state index in [0.29, 0.717) is 13.0 Å². The van der Waals surface area contributed by atoms with Crippen LogP contribution in [0.15, 0.2) is 24.3 Å². The maximum absolute atomic E-state index is 12.6. The summed E-state index contributed by atoms with van der Waals surface area (Å²) < 4.78 is 26.6. The highest BCUT2D eigenvalue weighted by Crippen LogP contribution is 2.35. The summed E-state index contributed by atoms with van der Waals surface area (Å²) in [6, 6.07) is 7.44. The van der Waals surface area contributed by atoms with Gasteiger partial charge in [-0.1, -0.05) is 39.0 Å². The van der Waals surface area contributed by atoms with Crippen LogP contribution in [0.3, 0.4) is 0 Å². The minimum absolute atomic E-state index is 0.0720. The van der Waals surface area contributed by atoms with Crippen molar-refractivity contribution >= 4 is 15.7 Å². The molecule has 1 aromatic rings. The number of fused-ring (bicyclic) bond motifs is 1. The molecule has 0 amide bonds. The summed E-state index contributed by atoms with van der Waals surface area (Å²) in [5, 5.41) is 0. The maximum atomic E-state index is 12.6. The van der Waals surface area contributed by atoms with E-state index in [4.69, 9.17) is 5.73 Å². The lowest BCUT2D eigenvalue weighted by molar-refractivity contribution is 0.459. The molecule has 1 atom stereocenters. The van der Waals surface area contributed by atoms with Gasteiger partial charge in [0, 0.05) is 12.6 Å². The number of sulfonamides is 1. The summed E-state index contributed by atoms with van der Waals surface area (Å²) >= 11 is 0. The van der Waals surface area contributed by atoms with Crippen LogP contribution in [0.2, 0.25) is 0 Å². The number of hydrogen-bond donors (Lipinski definition) is 1. The number of rotatable bonds is 2. The molecule has 2 N–H and O–H groups in total. The Morgan fingerprint density at radius 1 is 1.32 bits per heavy atom. The molecule has 0 saturated heterocycles. The number of hydrogen-bond acceptors (Lipinski definition) is 3. The number of benzene rings is 1. The molecule has 4 nitrogen and oxygen atoms in total. The van der Waals surface area contributed by atoms with E-state index >= 15 is 0 Å². The first kappa shape index (κ1) is 14.3. The molecular formula is C14H22N2O2S. The topological polar surface area (TPSA) is 63.4 Å². The van der Waals surface area contributed by atoms with E-state index in [9.17, 15) is 8.42 Å². The van der Waals surface area contributed by atoms with Crippen LogP contribution < -0.4 is 10.0 Å². The first-order chi connectivity index (χ1) is 8.71. The summed E-state index contributed by atoms with van der Waals surface area (Å²) in [5.41, 5.74) is 7.46. The highest BCUT2D eigenvalue weighted by molar-refractivity contribution is 7.92. The molecule has 1 aromatic carbocycles. The fourth-order valence-electron chi connectivity index (χ4n) is 2.47. The first-order valence-corrected chi connectivity index (χ1v) is 8.16. The Balaban J connectivity index is 2.40. The molecule has 106 valence electrons. The summed E-state index contributed by atoms with van der Waals surface area (Å²) in [7, 11) is -3.30. The molecule has 2 rings (SSSR count). The molecule has 1 aliphatic heterocycles. The zero-order chi connectivity index (χ0) is 14.3. The fraction of sp³-hybridized carbons (Fsp3) is 0.571. The first-order valence-electron chi connectivity index (χ1n) is 6.56. The molecule has 0 radical (unpaired) electrons. The predicted molar refractivity (Wildman–Crippen MR) is 78.6 cm³/mol. The lowest BCUT2D eigenvalue weighted by atomic mass is 9.99. The monoisotopic (exact) mass is 282 g/mol. The Bertz CT molecular complexity index is 561. The van der Waals surface area contributed by atoms with Gasteiger partial charge < -0.3 is 5.73 Å². The maximum Gasteiger partial charge on any atom is 0.235 e. The minimum atomic E-state index is -3.30. The summed E-state index contributed by atoms with van der Waals surface area (Å²) in [4.78, 5) is 0. The molecule has 1 heterocycles. The van der Waals surface area contributed by atoms with E-state index in [1.54, 1.807) is 0 Å². The van der Waals surface area contributed by atoms with Gasteiger partial charge in [0.05, 0.1) is 11.4 Å². The van der Waals surface area contributed by atoms with E-state index in [1.165, 1.54) is 4.31 Å². The van der Waals surface area contributed by atoms with Crippen molar-refractivity contribution in [1.29, 1.82) is 0 Å². The molecule has 1 aliphatic rings. The van der Waals surface area contributed by atoms with Gasteiger partial charge in [-0.05, 0) is 23.5 Å². The molecular weight excluding hydrogens is 260 g/mol. The minimum Gasteiger partial charge on any atom is -0.324 e. The van der Waals surface area contributed by atoms with Crippen LogP contribution in [0.25, 0.3) is 0 Å². The van der Waals surface area contributed by atoms with Crippen molar-refractivity contribution in [3.05, 3.63) is 29.8 Å². The van der Waals surface area contributed by atoms with Crippen LogP contribution in [0.1, 0.15) is 38.8 Å². The van der Waals surface area contributed by atoms with Gasteiger partial charge in [0.1, 0.15) is 0 Å². The highest BCUT2D eigenvalue weighted by atomic mass is 32.2. The Morgan fingerprint density at radius 3 is 2.58 bits per heavy atom. The van der Waals surface area contributed by atoms with Crippen LogP contribution in [-0.4, -0.2) is 20.7 Å². The lowest BCUT2D eigenvalue weighted by Gasteiger charge is -2.35. The van der Waals surface area contributed by atoms with Crippen LogP contribution in [0.5, 0.6) is 0 Å². The lowest BCUT2D eigenvalue weighted by Crippen LogP contribution is -2.41. The van der Waals surface area contributed by atoms with Crippen molar-refractivity contribution in [3.63, 3.8) is 0 Å². The van der Waals surface area contributed by atoms with E-state index in [2.05, 4.69) is 0 Å². The number of nitrogens with two attached hydrogens (primary N) is 1. The largest absolute Gasteiger partial charge is 0.324 e. The molecule has 0 aromatic heterocycles. The molecule has 0 spiro atoms. The molecule has 1 unspecified atom stereocenters. The van der Waals surface area contributed by atoms with Gasteiger partial charge in [0.25, 0.3) is 0 Å². The van der Waals surface area contributed by atoms with Crippen LogP contribution >= 0.6 is 0 Å². The van der Waals surface area contributed by atoms with E-state index in [-0.39, 0.29) is 17.2 Å². The Labute approximate surface area is 115 Å². The van der Waals surface area contributed by atoms with Crippen molar-refractivity contribution < 1.29 is 8.42 Å². The predicted octanol–water partition coefficient (Wildman–Crippen LogP) is 2.27. The van der Waals surface area contributed by atoms with E-state index in [0.717, 1.165) is 11.3 Å². The summed E-state index contributed by atoms with van der Waals surface area (Å²) in [6.45, 7) is 6.28. The Morgan fingerprint density at radius 2 is 1.95 bits per heavy atom. The molecule has 5 heteroatoms. The van der Waals surface area contributed by atoms with Crippen molar-refractivity contribution in [1.82, 2.24) is 0 Å². The van der Waals surface area contributed by atoms with E-state index < -0.39 is 10.0 Å².